The number of rotatable bonds is 4. The lowest BCUT2D eigenvalue weighted by Gasteiger charge is -2.21. The van der Waals surface area contributed by atoms with Gasteiger partial charge in [-0.1, -0.05) is 0 Å². The Labute approximate surface area is 77.6 Å². The molecular weight excluding hydrogens is 173 g/mol. The summed E-state index contributed by atoms with van der Waals surface area (Å²) in [6.45, 7) is 0.732. The zero-order chi connectivity index (χ0) is 9.90. The maximum absolute atomic E-state index is 10.9. The van der Waals surface area contributed by atoms with E-state index >= 15 is 0 Å². The van der Waals surface area contributed by atoms with Crippen molar-refractivity contribution in [1.29, 1.82) is 0 Å². The molecule has 0 aromatic heterocycles. The van der Waals surface area contributed by atoms with Crippen molar-refractivity contribution in [3.05, 3.63) is 0 Å². The van der Waals surface area contributed by atoms with E-state index in [2.05, 4.69) is 0 Å². The molecule has 5 nitrogen and oxygen atoms in total. The van der Waals surface area contributed by atoms with E-state index in [0.29, 0.717) is 27.1 Å². The fraction of sp³-hybridized carbons (Fsp3) is 0.857. The van der Waals surface area contributed by atoms with E-state index in [9.17, 15) is 4.79 Å². The number of hydrogen-bond donors (Lipinski definition) is 2. The van der Waals surface area contributed by atoms with Gasteiger partial charge < -0.3 is 19.7 Å². The summed E-state index contributed by atoms with van der Waals surface area (Å²) in [7, 11) is 1.99. The number of aliphatic carboxylic acids is 1. The molecule has 1 unspecified atom stereocenters. The van der Waals surface area contributed by atoms with Crippen molar-refractivity contribution in [2.45, 2.75) is 6.42 Å². The fourth-order valence-corrected chi connectivity index (χ4v) is 1.62. The zero-order valence-corrected chi connectivity index (χ0v) is 7.69. The van der Waals surface area contributed by atoms with Crippen molar-refractivity contribution in [2.24, 2.45) is 5.41 Å². The van der Waals surface area contributed by atoms with E-state index in [1.165, 1.54) is 0 Å². The summed E-state index contributed by atoms with van der Waals surface area (Å²) < 4.78 is 4.89. The maximum atomic E-state index is 10.9. The van der Waals surface area contributed by atoms with Gasteiger partial charge in [-0.2, -0.15) is 0 Å². The minimum absolute atomic E-state index is 0.303. The van der Waals surface area contributed by atoms with Crippen molar-refractivity contribution in [2.75, 3.05) is 26.8 Å². The smallest absolute Gasteiger partial charge is 0.363 e. The highest BCUT2D eigenvalue weighted by atomic mass is 16.4. The first-order valence-corrected chi connectivity index (χ1v) is 4.20. The number of carboxylic acids is 1. The molecule has 1 aliphatic rings. The summed E-state index contributed by atoms with van der Waals surface area (Å²) in [5.74, 6) is -0.923. The summed E-state index contributed by atoms with van der Waals surface area (Å²) in [6, 6.07) is 0. The van der Waals surface area contributed by atoms with Gasteiger partial charge in [0.2, 0.25) is 0 Å². The van der Waals surface area contributed by atoms with Gasteiger partial charge in [0.1, 0.15) is 5.41 Å². The van der Waals surface area contributed by atoms with E-state index < -0.39 is 11.4 Å². The second-order valence-corrected chi connectivity index (χ2v) is 3.46. The highest BCUT2D eigenvalue weighted by molar-refractivity contribution is 6.23. The molecule has 1 heterocycles. The molecule has 1 fully saturated rings. The summed E-state index contributed by atoms with van der Waals surface area (Å²) in [4.78, 5) is 12.8. The Bertz CT molecular complexity index is 201. The molecule has 0 saturated carbocycles. The van der Waals surface area contributed by atoms with Crippen LogP contribution in [0.3, 0.4) is 0 Å². The van der Waals surface area contributed by atoms with Crippen LogP contribution in [0.5, 0.6) is 0 Å². The van der Waals surface area contributed by atoms with Crippen molar-refractivity contribution >= 4 is 13.6 Å². The summed E-state index contributed by atoms with van der Waals surface area (Å²) >= 11 is 0. The third kappa shape index (κ3) is 2.01. The van der Waals surface area contributed by atoms with Gasteiger partial charge >= 0.3 is 13.6 Å². The lowest BCUT2D eigenvalue weighted by atomic mass is 9.88. The van der Waals surface area contributed by atoms with E-state index in [4.69, 9.17) is 14.9 Å². The quantitative estimate of drug-likeness (QED) is 0.533. The molecule has 0 aromatic carbocycles. The molecule has 0 bridgehead atoms. The van der Waals surface area contributed by atoms with Crippen molar-refractivity contribution in [3.8, 4) is 0 Å². The third-order valence-electron chi connectivity index (χ3n) is 2.50. The van der Waals surface area contributed by atoms with E-state index in [1.807, 2.05) is 4.81 Å². The Morgan fingerprint density at radius 2 is 2.46 bits per heavy atom. The minimum Gasteiger partial charge on any atom is -0.481 e. The van der Waals surface area contributed by atoms with Crippen LogP contribution in [0.15, 0.2) is 0 Å². The van der Waals surface area contributed by atoms with Crippen LogP contribution in [-0.2, 0) is 9.45 Å². The first-order valence-electron chi connectivity index (χ1n) is 4.20. The SMILES string of the molecule is COBN1CCC(CO)(C(=O)O)C1. The molecule has 0 spiro atoms. The summed E-state index contributed by atoms with van der Waals surface area (Å²) in [6.07, 6.45) is 0.488. The summed E-state index contributed by atoms with van der Waals surface area (Å²) in [5, 5.41) is 17.9. The van der Waals surface area contributed by atoms with Crippen molar-refractivity contribution < 1.29 is 19.7 Å². The highest BCUT2D eigenvalue weighted by Crippen LogP contribution is 2.29. The maximum Gasteiger partial charge on any atom is 0.363 e. The monoisotopic (exact) mass is 187 g/mol. The fourth-order valence-electron chi connectivity index (χ4n) is 1.62. The molecule has 0 aliphatic carbocycles. The highest BCUT2D eigenvalue weighted by Gasteiger charge is 2.44. The minimum atomic E-state index is -0.974. The van der Waals surface area contributed by atoms with Crippen LogP contribution >= 0.6 is 0 Å². The van der Waals surface area contributed by atoms with Gasteiger partial charge in [0, 0.05) is 13.7 Å². The molecule has 2 N–H and O–H groups in total. The Morgan fingerprint density at radius 3 is 2.85 bits per heavy atom. The normalized spacial score (nSPS) is 29.1. The average molecular weight is 187 g/mol. The molecule has 74 valence electrons. The molecule has 1 saturated heterocycles. The first kappa shape index (κ1) is 10.5. The number of carboxylic acid groups (broad SMARTS) is 1. The molecule has 0 amide bonds. The van der Waals surface area contributed by atoms with Gasteiger partial charge in [-0.05, 0) is 13.0 Å². The van der Waals surface area contributed by atoms with Crippen LogP contribution in [0, 0.1) is 5.41 Å². The number of hydrogen-bond acceptors (Lipinski definition) is 4. The second-order valence-electron chi connectivity index (χ2n) is 3.46. The van der Waals surface area contributed by atoms with Crippen LogP contribution in [0.4, 0.5) is 0 Å². The predicted molar refractivity (Wildman–Crippen MR) is 47.5 cm³/mol. The largest absolute Gasteiger partial charge is 0.481 e. The van der Waals surface area contributed by atoms with Gasteiger partial charge in [0.25, 0.3) is 0 Å². The van der Waals surface area contributed by atoms with E-state index in [0.717, 1.165) is 0 Å². The number of aliphatic hydroxyl groups is 1. The predicted octanol–water partition coefficient (Wildman–Crippen LogP) is -1.33. The van der Waals surface area contributed by atoms with Gasteiger partial charge in [0.05, 0.1) is 6.61 Å². The molecule has 1 atom stereocenters. The summed E-state index contributed by atoms with van der Waals surface area (Å²) in [5.41, 5.74) is -0.974. The molecular formula is C7H14BNO4. The second kappa shape index (κ2) is 4.08. The molecule has 6 heteroatoms. The lowest BCUT2D eigenvalue weighted by Crippen LogP contribution is -2.39. The van der Waals surface area contributed by atoms with Crippen LogP contribution < -0.4 is 0 Å². The van der Waals surface area contributed by atoms with Crippen LogP contribution in [0.2, 0.25) is 0 Å². The van der Waals surface area contributed by atoms with Gasteiger partial charge in [-0.3, -0.25) is 4.79 Å². The molecule has 1 aliphatic heterocycles. The zero-order valence-electron chi connectivity index (χ0n) is 7.69. The van der Waals surface area contributed by atoms with Gasteiger partial charge in [-0.25, -0.2) is 0 Å². The Balaban J connectivity index is 2.58. The van der Waals surface area contributed by atoms with Gasteiger partial charge in [-0.15, -0.1) is 0 Å². The average Bonchev–Trinajstić information content (AvgIpc) is 2.50. The Kier molecular flexibility index (Phi) is 3.30. The number of nitrogens with zero attached hydrogens (tertiary/aromatic N) is 1. The lowest BCUT2D eigenvalue weighted by molar-refractivity contribution is -0.150. The number of aliphatic hydroxyl groups excluding tert-OH is 1. The molecule has 13 heavy (non-hydrogen) atoms. The van der Waals surface area contributed by atoms with E-state index in [-0.39, 0.29) is 6.61 Å². The third-order valence-corrected chi connectivity index (χ3v) is 2.50. The standard InChI is InChI=1S/C7H14BNO4/c1-13-8-9-3-2-7(4-9,5-10)6(11)12/h8,10H,2-5H2,1H3,(H,11,12). The van der Waals surface area contributed by atoms with Crippen LogP contribution in [-0.4, -0.2) is 55.4 Å². The number of carbonyl (C=O) groups is 1. The first-order chi connectivity index (χ1) is 6.14. The topological polar surface area (TPSA) is 70.0 Å². The molecule has 0 aromatic rings. The molecule has 0 radical (unpaired) electrons. The van der Waals surface area contributed by atoms with Crippen LogP contribution in [0.1, 0.15) is 6.42 Å². The van der Waals surface area contributed by atoms with Crippen molar-refractivity contribution in [3.63, 3.8) is 0 Å². The Hall–Kier alpha value is -0.585. The van der Waals surface area contributed by atoms with E-state index in [1.54, 1.807) is 7.11 Å². The molecule has 1 rings (SSSR count). The van der Waals surface area contributed by atoms with Crippen LogP contribution in [0.25, 0.3) is 0 Å². The van der Waals surface area contributed by atoms with Crippen molar-refractivity contribution in [1.82, 2.24) is 4.81 Å². The van der Waals surface area contributed by atoms with Gasteiger partial charge in [0.15, 0.2) is 0 Å². The Morgan fingerprint density at radius 1 is 1.77 bits per heavy atom.